The highest BCUT2D eigenvalue weighted by molar-refractivity contribution is 7.99. The van der Waals surface area contributed by atoms with E-state index >= 15 is 0 Å². The molecule has 0 radical (unpaired) electrons. The SMILES string of the molecule is CNC1CCC(Sc2nnnn2C)C1C. The van der Waals surface area contributed by atoms with Crippen molar-refractivity contribution in [1.29, 1.82) is 0 Å². The third kappa shape index (κ3) is 2.15. The summed E-state index contributed by atoms with van der Waals surface area (Å²) in [6, 6.07) is 0.642. The molecule has 1 fully saturated rings. The molecule has 3 unspecified atom stereocenters. The number of nitrogens with one attached hydrogen (secondary N) is 1. The van der Waals surface area contributed by atoms with Crippen molar-refractivity contribution in [3.63, 3.8) is 0 Å². The van der Waals surface area contributed by atoms with E-state index in [1.807, 2.05) is 14.1 Å². The number of aryl methyl sites for hydroxylation is 1. The lowest BCUT2D eigenvalue weighted by Gasteiger charge is -2.18. The fraction of sp³-hybridized carbons (Fsp3) is 0.889. The zero-order valence-electron chi connectivity index (χ0n) is 9.34. The maximum atomic E-state index is 4.01. The Morgan fingerprint density at radius 1 is 1.47 bits per heavy atom. The van der Waals surface area contributed by atoms with Gasteiger partial charge in [-0.1, -0.05) is 18.7 Å². The highest BCUT2D eigenvalue weighted by Crippen LogP contribution is 2.37. The maximum Gasteiger partial charge on any atom is 0.209 e. The van der Waals surface area contributed by atoms with E-state index in [2.05, 4.69) is 27.8 Å². The van der Waals surface area contributed by atoms with Crippen LogP contribution in [0, 0.1) is 5.92 Å². The van der Waals surface area contributed by atoms with Crippen LogP contribution in [0.1, 0.15) is 19.8 Å². The molecule has 0 amide bonds. The molecule has 1 aliphatic rings. The van der Waals surface area contributed by atoms with Crippen LogP contribution in [0.3, 0.4) is 0 Å². The van der Waals surface area contributed by atoms with Gasteiger partial charge in [0, 0.05) is 18.3 Å². The highest BCUT2D eigenvalue weighted by atomic mass is 32.2. The van der Waals surface area contributed by atoms with E-state index in [0.29, 0.717) is 17.2 Å². The second-order valence-electron chi connectivity index (χ2n) is 4.07. The minimum atomic E-state index is 0.632. The van der Waals surface area contributed by atoms with E-state index in [1.54, 1.807) is 16.4 Å². The molecule has 0 bridgehead atoms. The van der Waals surface area contributed by atoms with Gasteiger partial charge < -0.3 is 5.32 Å². The van der Waals surface area contributed by atoms with E-state index in [1.165, 1.54) is 12.8 Å². The van der Waals surface area contributed by atoms with Gasteiger partial charge in [0.25, 0.3) is 0 Å². The summed E-state index contributed by atoms with van der Waals surface area (Å²) in [5.74, 6) is 0.677. The summed E-state index contributed by atoms with van der Waals surface area (Å²) >= 11 is 1.80. The van der Waals surface area contributed by atoms with Crippen molar-refractivity contribution in [2.45, 2.75) is 36.2 Å². The van der Waals surface area contributed by atoms with E-state index < -0.39 is 0 Å². The van der Waals surface area contributed by atoms with Gasteiger partial charge >= 0.3 is 0 Å². The molecule has 6 heteroatoms. The Kier molecular flexibility index (Phi) is 3.25. The molecule has 15 heavy (non-hydrogen) atoms. The fourth-order valence-electron chi connectivity index (χ4n) is 2.16. The van der Waals surface area contributed by atoms with Gasteiger partial charge in [0.15, 0.2) is 0 Å². The van der Waals surface area contributed by atoms with Gasteiger partial charge in [-0.05, 0) is 36.2 Å². The first kappa shape index (κ1) is 10.9. The molecule has 0 spiro atoms. The van der Waals surface area contributed by atoms with Gasteiger partial charge in [-0.15, -0.1) is 5.10 Å². The van der Waals surface area contributed by atoms with Gasteiger partial charge in [0.1, 0.15) is 0 Å². The van der Waals surface area contributed by atoms with Crippen LogP contribution in [-0.4, -0.2) is 38.5 Å². The molecule has 5 nitrogen and oxygen atoms in total. The Hall–Kier alpha value is -0.620. The van der Waals surface area contributed by atoms with Crippen LogP contribution in [0.5, 0.6) is 0 Å². The largest absolute Gasteiger partial charge is 0.317 e. The number of aromatic nitrogens is 4. The van der Waals surface area contributed by atoms with Crippen LogP contribution in [0.15, 0.2) is 5.16 Å². The van der Waals surface area contributed by atoms with Crippen LogP contribution < -0.4 is 5.32 Å². The zero-order valence-corrected chi connectivity index (χ0v) is 10.2. The summed E-state index contributed by atoms with van der Waals surface area (Å²) in [6.45, 7) is 2.30. The Morgan fingerprint density at radius 2 is 2.27 bits per heavy atom. The number of rotatable bonds is 3. The lowest BCUT2D eigenvalue weighted by atomic mass is 10.1. The average Bonchev–Trinajstić information content (AvgIpc) is 2.77. The molecular formula is C9H17N5S. The van der Waals surface area contributed by atoms with Crippen LogP contribution >= 0.6 is 11.8 Å². The molecule has 0 aromatic carbocycles. The molecule has 84 valence electrons. The highest BCUT2D eigenvalue weighted by Gasteiger charge is 2.33. The monoisotopic (exact) mass is 227 g/mol. The molecule has 1 aliphatic carbocycles. The van der Waals surface area contributed by atoms with E-state index in [0.717, 1.165) is 5.16 Å². The standard InChI is InChI=1S/C9H17N5S/c1-6-7(10-2)4-5-8(6)15-9-11-12-13-14(9)3/h6-8,10H,4-5H2,1-3H3. The molecule has 3 atom stereocenters. The molecule has 1 saturated carbocycles. The summed E-state index contributed by atoms with van der Waals surface area (Å²) in [7, 11) is 3.93. The van der Waals surface area contributed by atoms with Crippen LogP contribution in [0.25, 0.3) is 0 Å². The number of nitrogens with zero attached hydrogens (tertiary/aromatic N) is 4. The molecule has 0 saturated heterocycles. The predicted molar refractivity (Wildman–Crippen MR) is 59.7 cm³/mol. The summed E-state index contributed by atoms with van der Waals surface area (Å²) < 4.78 is 1.74. The van der Waals surface area contributed by atoms with Crippen LogP contribution in [0.4, 0.5) is 0 Å². The minimum absolute atomic E-state index is 0.632. The predicted octanol–water partition coefficient (Wildman–Crippen LogP) is 0.689. The number of thioether (sulfide) groups is 1. The Balaban J connectivity index is 1.99. The summed E-state index contributed by atoms with van der Waals surface area (Å²) in [4.78, 5) is 0. The molecule has 1 N–H and O–H groups in total. The third-order valence-electron chi connectivity index (χ3n) is 3.19. The second-order valence-corrected chi connectivity index (χ2v) is 5.28. The fourth-order valence-corrected chi connectivity index (χ4v) is 3.36. The first-order valence-electron chi connectivity index (χ1n) is 5.28. The van der Waals surface area contributed by atoms with Crippen LogP contribution in [-0.2, 0) is 7.05 Å². The molecule has 1 heterocycles. The average molecular weight is 227 g/mol. The topological polar surface area (TPSA) is 55.6 Å². The van der Waals surface area contributed by atoms with E-state index in [9.17, 15) is 0 Å². The minimum Gasteiger partial charge on any atom is -0.317 e. The van der Waals surface area contributed by atoms with Gasteiger partial charge in [0.2, 0.25) is 5.16 Å². The molecule has 1 aromatic heterocycles. The van der Waals surface area contributed by atoms with E-state index in [-0.39, 0.29) is 0 Å². The lowest BCUT2D eigenvalue weighted by Crippen LogP contribution is -2.30. The van der Waals surface area contributed by atoms with Crippen molar-refractivity contribution in [3.8, 4) is 0 Å². The van der Waals surface area contributed by atoms with Gasteiger partial charge in [-0.2, -0.15) is 0 Å². The lowest BCUT2D eigenvalue weighted by molar-refractivity contribution is 0.463. The smallest absolute Gasteiger partial charge is 0.209 e. The van der Waals surface area contributed by atoms with Gasteiger partial charge in [0.05, 0.1) is 0 Å². The van der Waals surface area contributed by atoms with Crippen molar-refractivity contribution in [2.24, 2.45) is 13.0 Å². The number of hydrogen-bond donors (Lipinski definition) is 1. The van der Waals surface area contributed by atoms with Crippen molar-refractivity contribution < 1.29 is 0 Å². The zero-order chi connectivity index (χ0) is 10.8. The number of tetrazole rings is 1. The van der Waals surface area contributed by atoms with Gasteiger partial charge in [-0.25, -0.2) is 4.68 Å². The van der Waals surface area contributed by atoms with Crippen molar-refractivity contribution in [1.82, 2.24) is 25.5 Å². The summed E-state index contributed by atoms with van der Waals surface area (Å²) in [5.41, 5.74) is 0. The Bertz CT molecular complexity index is 326. The maximum absolute atomic E-state index is 4.01. The molecule has 2 rings (SSSR count). The normalized spacial score (nSPS) is 31.0. The van der Waals surface area contributed by atoms with Gasteiger partial charge in [-0.3, -0.25) is 0 Å². The van der Waals surface area contributed by atoms with E-state index in [4.69, 9.17) is 0 Å². The third-order valence-corrected chi connectivity index (χ3v) is 4.72. The second kappa shape index (κ2) is 4.49. The summed E-state index contributed by atoms with van der Waals surface area (Å²) in [5, 5.41) is 16.4. The Morgan fingerprint density at radius 3 is 2.80 bits per heavy atom. The quantitative estimate of drug-likeness (QED) is 0.823. The van der Waals surface area contributed by atoms with Crippen molar-refractivity contribution >= 4 is 11.8 Å². The number of hydrogen-bond acceptors (Lipinski definition) is 5. The molecule has 0 aliphatic heterocycles. The van der Waals surface area contributed by atoms with Crippen molar-refractivity contribution in [3.05, 3.63) is 0 Å². The van der Waals surface area contributed by atoms with Crippen LogP contribution in [0.2, 0.25) is 0 Å². The molecular weight excluding hydrogens is 210 g/mol. The molecule has 1 aromatic rings. The van der Waals surface area contributed by atoms with Crippen molar-refractivity contribution in [2.75, 3.05) is 7.05 Å². The first-order valence-corrected chi connectivity index (χ1v) is 6.16. The summed E-state index contributed by atoms with van der Waals surface area (Å²) in [6.07, 6.45) is 2.49. The first-order chi connectivity index (χ1) is 7.22. The Labute approximate surface area is 94.0 Å².